The third-order valence-corrected chi connectivity index (χ3v) is 6.32. The summed E-state index contributed by atoms with van der Waals surface area (Å²) in [6.07, 6.45) is 0. The quantitative estimate of drug-likeness (QED) is 0.378. The first-order valence-corrected chi connectivity index (χ1v) is 10.2. The van der Waals surface area contributed by atoms with Gasteiger partial charge in [0.05, 0.1) is 0 Å². The van der Waals surface area contributed by atoms with Gasteiger partial charge in [-0.2, -0.15) is 0 Å². The summed E-state index contributed by atoms with van der Waals surface area (Å²) in [4.78, 5) is 0. The lowest BCUT2D eigenvalue weighted by Gasteiger charge is -2.29. The summed E-state index contributed by atoms with van der Waals surface area (Å²) in [6.45, 7) is 2.07. The Labute approximate surface area is 173 Å². The topological polar surface area (TPSA) is 20.2 Å². The molecule has 1 aliphatic carbocycles. The van der Waals surface area contributed by atoms with E-state index in [-0.39, 0.29) is 0 Å². The maximum atomic E-state index is 12.3. The van der Waals surface area contributed by atoms with E-state index >= 15 is 0 Å². The predicted molar refractivity (Wildman–Crippen MR) is 118 cm³/mol. The molecular formula is C26H19BrO. The van der Waals surface area contributed by atoms with Gasteiger partial charge in [-0.15, -0.1) is 0 Å². The van der Waals surface area contributed by atoms with Crippen LogP contribution in [0.5, 0.6) is 0 Å². The molecule has 2 heteroatoms. The molecule has 0 aliphatic heterocycles. The van der Waals surface area contributed by atoms with Gasteiger partial charge >= 0.3 is 0 Å². The third-order valence-electron chi connectivity index (χ3n) is 5.66. The van der Waals surface area contributed by atoms with Crippen molar-refractivity contribution in [3.05, 3.63) is 118 Å². The number of aryl methyl sites for hydroxylation is 1. The number of rotatable bonds is 2. The molecule has 0 saturated heterocycles. The van der Waals surface area contributed by atoms with Gasteiger partial charge in [-0.25, -0.2) is 0 Å². The maximum absolute atomic E-state index is 12.3. The molecule has 28 heavy (non-hydrogen) atoms. The van der Waals surface area contributed by atoms with Crippen LogP contribution in [0.1, 0.15) is 22.3 Å². The fourth-order valence-electron chi connectivity index (χ4n) is 4.33. The van der Waals surface area contributed by atoms with Crippen molar-refractivity contribution in [2.24, 2.45) is 0 Å². The molecule has 0 spiro atoms. The van der Waals surface area contributed by atoms with Gasteiger partial charge in [-0.05, 0) is 35.2 Å². The van der Waals surface area contributed by atoms with Crippen molar-refractivity contribution < 1.29 is 5.11 Å². The minimum Gasteiger partial charge on any atom is -0.376 e. The summed E-state index contributed by atoms with van der Waals surface area (Å²) in [5, 5.41) is 12.3. The molecule has 0 heterocycles. The van der Waals surface area contributed by atoms with Gasteiger partial charge in [-0.3, -0.25) is 0 Å². The van der Waals surface area contributed by atoms with Crippen LogP contribution in [-0.2, 0) is 5.60 Å². The highest BCUT2D eigenvalue weighted by atomic mass is 79.9. The van der Waals surface area contributed by atoms with Crippen molar-refractivity contribution in [2.45, 2.75) is 12.5 Å². The van der Waals surface area contributed by atoms with E-state index in [9.17, 15) is 5.11 Å². The Morgan fingerprint density at radius 3 is 2.14 bits per heavy atom. The monoisotopic (exact) mass is 426 g/mol. The van der Waals surface area contributed by atoms with Crippen molar-refractivity contribution in [3.63, 3.8) is 0 Å². The van der Waals surface area contributed by atoms with Crippen LogP contribution in [0.15, 0.2) is 95.5 Å². The maximum Gasteiger partial charge on any atom is 0.142 e. The zero-order valence-electron chi connectivity index (χ0n) is 15.5. The molecule has 1 atom stereocenters. The molecule has 1 aliphatic rings. The van der Waals surface area contributed by atoms with E-state index < -0.39 is 5.60 Å². The van der Waals surface area contributed by atoms with Crippen molar-refractivity contribution in [1.29, 1.82) is 0 Å². The highest BCUT2D eigenvalue weighted by molar-refractivity contribution is 9.10. The number of halogens is 1. The van der Waals surface area contributed by atoms with Crippen molar-refractivity contribution >= 4 is 15.9 Å². The molecule has 4 aromatic rings. The van der Waals surface area contributed by atoms with E-state index in [4.69, 9.17) is 0 Å². The fourth-order valence-corrected chi connectivity index (χ4v) is 4.89. The Morgan fingerprint density at radius 2 is 1.39 bits per heavy atom. The first-order valence-electron chi connectivity index (χ1n) is 9.38. The second-order valence-corrected chi connectivity index (χ2v) is 8.19. The van der Waals surface area contributed by atoms with E-state index in [2.05, 4.69) is 65.3 Å². The van der Waals surface area contributed by atoms with Gasteiger partial charge in [0.2, 0.25) is 0 Å². The van der Waals surface area contributed by atoms with Crippen LogP contribution in [0.25, 0.3) is 22.3 Å². The standard InChI is InChI=1S/C26H19BrO/c1-17-11-13-19(14-12-17)26(28)22-10-6-5-9-20(22)21-15-16-23(27)24(25(21)26)18-7-3-2-4-8-18/h2-16,28H,1H3. The first-order chi connectivity index (χ1) is 13.6. The van der Waals surface area contributed by atoms with E-state index in [0.717, 1.165) is 43.4 Å². The van der Waals surface area contributed by atoms with Gasteiger partial charge in [-0.1, -0.05) is 106 Å². The Hall–Kier alpha value is -2.68. The molecule has 0 aromatic heterocycles. The molecule has 136 valence electrons. The van der Waals surface area contributed by atoms with Gasteiger partial charge in [0, 0.05) is 21.2 Å². The zero-order chi connectivity index (χ0) is 19.3. The molecule has 1 N–H and O–H groups in total. The third kappa shape index (κ3) is 2.42. The molecule has 1 unspecified atom stereocenters. The number of fused-ring (bicyclic) bond motifs is 3. The Morgan fingerprint density at radius 1 is 0.714 bits per heavy atom. The average molecular weight is 427 g/mol. The largest absolute Gasteiger partial charge is 0.376 e. The van der Waals surface area contributed by atoms with Crippen LogP contribution in [-0.4, -0.2) is 5.11 Å². The van der Waals surface area contributed by atoms with E-state index in [0.29, 0.717) is 0 Å². The second-order valence-electron chi connectivity index (χ2n) is 7.33. The summed E-state index contributed by atoms with van der Waals surface area (Å²) in [7, 11) is 0. The van der Waals surface area contributed by atoms with E-state index in [1.54, 1.807) is 0 Å². The van der Waals surface area contributed by atoms with E-state index in [1.165, 1.54) is 5.56 Å². The molecule has 4 aromatic carbocycles. The molecule has 0 bridgehead atoms. The molecule has 0 radical (unpaired) electrons. The van der Waals surface area contributed by atoms with Crippen molar-refractivity contribution in [1.82, 2.24) is 0 Å². The lowest BCUT2D eigenvalue weighted by atomic mass is 9.80. The Kier molecular flexibility index (Phi) is 4.01. The van der Waals surface area contributed by atoms with Crippen LogP contribution < -0.4 is 0 Å². The molecule has 0 fully saturated rings. The summed E-state index contributed by atoms with van der Waals surface area (Å²) in [5.41, 5.74) is 7.04. The minimum absolute atomic E-state index is 0.889. The number of benzene rings is 4. The van der Waals surface area contributed by atoms with E-state index in [1.807, 2.05) is 48.5 Å². The first kappa shape index (κ1) is 17.4. The predicted octanol–water partition coefficient (Wildman–Crippen LogP) is 6.69. The Balaban J connectivity index is 1.91. The lowest BCUT2D eigenvalue weighted by molar-refractivity contribution is 0.131. The molecular weight excluding hydrogens is 408 g/mol. The van der Waals surface area contributed by atoms with Gasteiger partial charge in [0.25, 0.3) is 0 Å². The molecule has 1 nitrogen and oxygen atoms in total. The van der Waals surface area contributed by atoms with Crippen LogP contribution in [0.2, 0.25) is 0 Å². The Bertz CT molecular complexity index is 1180. The van der Waals surface area contributed by atoms with Gasteiger partial charge in [0.15, 0.2) is 0 Å². The zero-order valence-corrected chi connectivity index (χ0v) is 17.1. The normalized spacial score (nSPS) is 17.2. The van der Waals surface area contributed by atoms with Crippen molar-refractivity contribution in [3.8, 4) is 22.3 Å². The molecule has 0 amide bonds. The highest BCUT2D eigenvalue weighted by Gasteiger charge is 2.45. The average Bonchev–Trinajstić information content (AvgIpc) is 2.99. The number of aliphatic hydroxyl groups is 1. The SMILES string of the molecule is Cc1ccc(C2(O)c3ccccc3-c3ccc(Br)c(-c4ccccc4)c32)cc1. The van der Waals surface area contributed by atoms with Gasteiger partial charge in [0.1, 0.15) is 5.60 Å². The fraction of sp³-hybridized carbons (Fsp3) is 0.0769. The van der Waals surface area contributed by atoms with Gasteiger partial charge < -0.3 is 5.11 Å². The summed E-state index contributed by atoms with van der Waals surface area (Å²) < 4.78 is 0.982. The summed E-state index contributed by atoms with van der Waals surface area (Å²) in [6, 6.07) is 30.9. The molecule has 5 rings (SSSR count). The van der Waals surface area contributed by atoms with Crippen molar-refractivity contribution in [2.75, 3.05) is 0 Å². The minimum atomic E-state index is -1.20. The second kappa shape index (κ2) is 6.44. The molecule has 0 saturated carbocycles. The van der Waals surface area contributed by atoms with Crippen LogP contribution in [0, 0.1) is 6.92 Å². The number of hydrogen-bond donors (Lipinski definition) is 1. The summed E-state index contributed by atoms with van der Waals surface area (Å²) in [5.74, 6) is 0. The van der Waals surface area contributed by atoms with Crippen LogP contribution in [0.3, 0.4) is 0 Å². The lowest BCUT2D eigenvalue weighted by Crippen LogP contribution is -2.27. The van der Waals surface area contributed by atoms with Crippen LogP contribution in [0.4, 0.5) is 0 Å². The smallest absolute Gasteiger partial charge is 0.142 e. The highest BCUT2D eigenvalue weighted by Crippen LogP contribution is 2.55. The summed E-state index contributed by atoms with van der Waals surface area (Å²) >= 11 is 3.76. The number of hydrogen-bond acceptors (Lipinski definition) is 1. The van der Waals surface area contributed by atoms with Crippen LogP contribution >= 0.6 is 15.9 Å².